The summed E-state index contributed by atoms with van der Waals surface area (Å²) in [6.45, 7) is 2.69. The maximum absolute atomic E-state index is 11.9. The fourth-order valence-electron chi connectivity index (χ4n) is 2.06. The normalized spacial score (nSPS) is 12.6. The summed E-state index contributed by atoms with van der Waals surface area (Å²) in [5.41, 5.74) is 0.960. The van der Waals surface area contributed by atoms with E-state index in [2.05, 4.69) is 5.32 Å². The summed E-state index contributed by atoms with van der Waals surface area (Å²) in [6.07, 6.45) is 1.89. The van der Waals surface area contributed by atoms with Gasteiger partial charge in [0.1, 0.15) is 6.54 Å². The van der Waals surface area contributed by atoms with Gasteiger partial charge in [0.25, 0.3) is 0 Å². The molecule has 5 heteroatoms. The smallest absolute Gasteiger partial charge is 0.240 e. The number of hydrogen-bond acceptors (Lipinski definition) is 2. The van der Waals surface area contributed by atoms with Crippen LogP contribution in [0.15, 0.2) is 30.5 Å². The SMILES string of the molecule is COCC(C)NC(=O)Cn1ccc2ccc(Cl)cc21. The Morgan fingerprint density at radius 3 is 3.00 bits per heavy atom. The third kappa shape index (κ3) is 3.49. The van der Waals surface area contributed by atoms with Crippen molar-refractivity contribution in [1.82, 2.24) is 9.88 Å². The molecule has 0 bridgehead atoms. The van der Waals surface area contributed by atoms with Crippen molar-refractivity contribution >= 4 is 28.4 Å². The minimum absolute atomic E-state index is 0.00270. The summed E-state index contributed by atoms with van der Waals surface area (Å²) in [4.78, 5) is 11.9. The Labute approximate surface area is 117 Å². The molecule has 1 unspecified atom stereocenters. The van der Waals surface area contributed by atoms with Crippen molar-refractivity contribution in [2.24, 2.45) is 0 Å². The van der Waals surface area contributed by atoms with Gasteiger partial charge in [-0.25, -0.2) is 0 Å². The Balaban J connectivity index is 2.08. The van der Waals surface area contributed by atoms with E-state index < -0.39 is 0 Å². The number of ether oxygens (including phenoxy) is 1. The molecule has 1 aromatic carbocycles. The number of nitrogens with zero attached hydrogens (tertiary/aromatic N) is 1. The van der Waals surface area contributed by atoms with Crippen LogP contribution < -0.4 is 5.32 Å². The topological polar surface area (TPSA) is 43.3 Å². The quantitative estimate of drug-likeness (QED) is 0.914. The number of methoxy groups -OCH3 is 1. The molecule has 0 saturated heterocycles. The first-order valence-corrected chi connectivity index (χ1v) is 6.50. The zero-order valence-electron chi connectivity index (χ0n) is 11.0. The summed E-state index contributed by atoms with van der Waals surface area (Å²) in [5.74, 6) is -0.0398. The zero-order chi connectivity index (χ0) is 13.8. The van der Waals surface area contributed by atoms with Crippen LogP contribution in [0.3, 0.4) is 0 Å². The highest BCUT2D eigenvalue weighted by Crippen LogP contribution is 2.20. The first-order chi connectivity index (χ1) is 9.10. The van der Waals surface area contributed by atoms with Gasteiger partial charge in [0.15, 0.2) is 0 Å². The number of carbonyl (C=O) groups excluding carboxylic acids is 1. The summed E-state index contributed by atoms with van der Waals surface area (Å²) >= 11 is 5.98. The number of carbonyl (C=O) groups is 1. The molecule has 0 saturated carbocycles. The fraction of sp³-hybridized carbons (Fsp3) is 0.357. The summed E-state index contributed by atoms with van der Waals surface area (Å²) < 4.78 is 6.87. The van der Waals surface area contributed by atoms with Gasteiger partial charge < -0.3 is 14.6 Å². The molecule has 0 fully saturated rings. The zero-order valence-corrected chi connectivity index (χ0v) is 11.8. The van der Waals surface area contributed by atoms with Crippen molar-refractivity contribution in [1.29, 1.82) is 0 Å². The van der Waals surface area contributed by atoms with Crippen LogP contribution in [-0.2, 0) is 16.1 Å². The third-order valence-electron chi connectivity index (χ3n) is 2.87. The minimum Gasteiger partial charge on any atom is -0.383 e. The van der Waals surface area contributed by atoms with Crippen molar-refractivity contribution in [2.75, 3.05) is 13.7 Å². The number of aromatic nitrogens is 1. The van der Waals surface area contributed by atoms with Crippen molar-refractivity contribution in [3.63, 3.8) is 0 Å². The van der Waals surface area contributed by atoms with E-state index in [0.29, 0.717) is 11.6 Å². The molecule has 0 aliphatic heterocycles. The fourth-order valence-corrected chi connectivity index (χ4v) is 2.23. The number of rotatable bonds is 5. The van der Waals surface area contributed by atoms with Crippen LogP contribution in [0.1, 0.15) is 6.92 Å². The van der Waals surface area contributed by atoms with Gasteiger partial charge in [0.2, 0.25) is 5.91 Å². The van der Waals surface area contributed by atoms with Crippen molar-refractivity contribution < 1.29 is 9.53 Å². The standard InChI is InChI=1S/C14H17ClN2O2/c1-10(9-19-2)16-14(18)8-17-6-5-11-3-4-12(15)7-13(11)17/h3-7,10H,8-9H2,1-2H3,(H,16,18). The highest BCUT2D eigenvalue weighted by Gasteiger charge is 2.09. The molecule has 2 rings (SSSR count). The van der Waals surface area contributed by atoms with Gasteiger partial charge in [-0.3, -0.25) is 4.79 Å². The van der Waals surface area contributed by atoms with Gasteiger partial charge in [-0.2, -0.15) is 0 Å². The second-order valence-corrected chi connectivity index (χ2v) is 5.01. The van der Waals surface area contributed by atoms with Crippen LogP contribution in [0.4, 0.5) is 0 Å². The summed E-state index contributed by atoms with van der Waals surface area (Å²) in [5, 5.41) is 4.62. The highest BCUT2D eigenvalue weighted by atomic mass is 35.5. The molecule has 0 aliphatic rings. The van der Waals surface area contributed by atoms with E-state index in [1.807, 2.05) is 42.0 Å². The van der Waals surface area contributed by atoms with E-state index in [-0.39, 0.29) is 18.5 Å². The molecule has 102 valence electrons. The number of fused-ring (bicyclic) bond motifs is 1. The largest absolute Gasteiger partial charge is 0.383 e. The second kappa shape index (κ2) is 6.08. The van der Waals surface area contributed by atoms with Gasteiger partial charge in [-0.05, 0) is 30.5 Å². The molecule has 2 aromatic rings. The molecule has 1 aromatic heterocycles. The van der Waals surface area contributed by atoms with Crippen LogP contribution >= 0.6 is 11.6 Å². The molecule has 1 N–H and O–H groups in total. The number of hydrogen-bond donors (Lipinski definition) is 1. The van der Waals surface area contributed by atoms with Crippen LogP contribution in [0.25, 0.3) is 10.9 Å². The van der Waals surface area contributed by atoms with Crippen molar-refractivity contribution in [3.8, 4) is 0 Å². The summed E-state index contributed by atoms with van der Waals surface area (Å²) in [7, 11) is 1.62. The molecule has 19 heavy (non-hydrogen) atoms. The Kier molecular flexibility index (Phi) is 4.45. The molecule has 0 aliphatic carbocycles. The van der Waals surface area contributed by atoms with E-state index >= 15 is 0 Å². The molecule has 1 atom stereocenters. The van der Waals surface area contributed by atoms with Crippen LogP contribution in [0, 0.1) is 0 Å². The first kappa shape index (κ1) is 13.9. The molecule has 0 spiro atoms. The lowest BCUT2D eigenvalue weighted by molar-refractivity contribution is -0.122. The van der Waals surface area contributed by atoms with Gasteiger partial charge >= 0.3 is 0 Å². The van der Waals surface area contributed by atoms with E-state index in [0.717, 1.165) is 10.9 Å². The van der Waals surface area contributed by atoms with Crippen LogP contribution in [0.5, 0.6) is 0 Å². The predicted molar refractivity (Wildman–Crippen MR) is 76.4 cm³/mol. The summed E-state index contributed by atoms with van der Waals surface area (Å²) in [6, 6.07) is 7.62. The van der Waals surface area contributed by atoms with Gasteiger partial charge in [-0.1, -0.05) is 17.7 Å². The maximum atomic E-state index is 11.9. The van der Waals surface area contributed by atoms with E-state index in [9.17, 15) is 4.79 Å². The van der Waals surface area contributed by atoms with Crippen molar-refractivity contribution in [3.05, 3.63) is 35.5 Å². The van der Waals surface area contributed by atoms with Crippen molar-refractivity contribution in [2.45, 2.75) is 19.5 Å². The number of halogens is 1. The number of nitrogens with one attached hydrogen (secondary N) is 1. The lowest BCUT2D eigenvalue weighted by Crippen LogP contribution is -2.37. The van der Waals surface area contributed by atoms with Gasteiger partial charge in [0, 0.05) is 29.9 Å². The molecule has 1 amide bonds. The van der Waals surface area contributed by atoms with Gasteiger partial charge in [-0.15, -0.1) is 0 Å². The molecular formula is C14H17ClN2O2. The Morgan fingerprint density at radius 2 is 2.26 bits per heavy atom. The van der Waals surface area contributed by atoms with Crippen LogP contribution in [0.2, 0.25) is 5.02 Å². The lowest BCUT2D eigenvalue weighted by Gasteiger charge is -2.13. The van der Waals surface area contributed by atoms with E-state index in [1.54, 1.807) is 7.11 Å². The monoisotopic (exact) mass is 280 g/mol. The minimum atomic E-state index is -0.0398. The van der Waals surface area contributed by atoms with Gasteiger partial charge in [0.05, 0.1) is 6.61 Å². The highest BCUT2D eigenvalue weighted by molar-refractivity contribution is 6.31. The Morgan fingerprint density at radius 1 is 1.47 bits per heavy atom. The first-order valence-electron chi connectivity index (χ1n) is 6.13. The predicted octanol–water partition coefficient (Wildman–Crippen LogP) is 2.45. The average molecular weight is 281 g/mol. The maximum Gasteiger partial charge on any atom is 0.240 e. The van der Waals surface area contributed by atoms with E-state index in [1.165, 1.54) is 0 Å². The van der Waals surface area contributed by atoms with E-state index in [4.69, 9.17) is 16.3 Å². The Hall–Kier alpha value is -1.52. The third-order valence-corrected chi connectivity index (χ3v) is 3.11. The lowest BCUT2D eigenvalue weighted by atomic mass is 10.2. The number of amides is 1. The number of benzene rings is 1. The molecular weight excluding hydrogens is 264 g/mol. The molecule has 1 heterocycles. The Bertz CT molecular complexity index is 580. The molecule has 4 nitrogen and oxygen atoms in total. The van der Waals surface area contributed by atoms with Crippen LogP contribution in [-0.4, -0.2) is 30.2 Å². The molecule has 0 radical (unpaired) electrons. The average Bonchev–Trinajstić information content (AvgIpc) is 2.72. The second-order valence-electron chi connectivity index (χ2n) is 4.57.